The molecule has 0 bridgehead atoms. The van der Waals surface area contributed by atoms with Gasteiger partial charge in [0, 0.05) is 10.7 Å². The van der Waals surface area contributed by atoms with Gasteiger partial charge in [0.15, 0.2) is 0 Å². The van der Waals surface area contributed by atoms with E-state index in [1.165, 1.54) is 13.2 Å². The summed E-state index contributed by atoms with van der Waals surface area (Å²) in [6.07, 6.45) is -2.71. The van der Waals surface area contributed by atoms with Crippen LogP contribution in [-0.4, -0.2) is 34.4 Å². The van der Waals surface area contributed by atoms with Crippen molar-refractivity contribution in [2.75, 3.05) is 13.7 Å². The molecule has 0 aliphatic carbocycles. The summed E-state index contributed by atoms with van der Waals surface area (Å²) in [5.74, 6) is -0.824. The maximum Gasteiger partial charge on any atom is 0.261 e. The molecule has 1 N–H and O–H groups in total. The lowest BCUT2D eigenvalue weighted by Gasteiger charge is -2.10. The number of hydrogen-bond donors (Lipinski definition) is 1. The highest BCUT2D eigenvalue weighted by atomic mass is 35.7. The molecule has 0 saturated carbocycles. The molecule has 0 atom stereocenters. The number of benzene rings is 1. The molecule has 1 rings (SSSR count). The molecule has 1 aromatic rings. The predicted molar refractivity (Wildman–Crippen MR) is 64.4 cm³/mol. The van der Waals surface area contributed by atoms with E-state index in [0.717, 1.165) is 12.1 Å². The Morgan fingerprint density at radius 3 is 2.58 bits per heavy atom. The van der Waals surface area contributed by atoms with Crippen LogP contribution in [0.1, 0.15) is 10.4 Å². The van der Waals surface area contributed by atoms with Gasteiger partial charge in [-0.3, -0.25) is 4.79 Å². The Bertz CT molecular complexity index is 577. The van der Waals surface area contributed by atoms with Crippen molar-refractivity contribution in [3.63, 3.8) is 0 Å². The molecular formula is C10H10ClF2NO4S. The topological polar surface area (TPSA) is 72.5 Å². The molecule has 0 aliphatic heterocycles. The highest BCUT2D eigenvalue weighted by molar-refractivity contribution is 8.13. The number of amides is 1. The third-order valence-corrected chi connectivity index (χ3v) is 3.47. The third kappa shape index (κ3) is 4.32. The predicted octanol–water partition coefficient (Wildman–Crippen LogP) is 1.62. The zero-order valence-corrected chi connectivity index (χ0v) is 11.3. The summed E-state index contributed by atoms with van der Waals surface area (Å²) in [6.45, 7) is -0.847. The number of ether oxygens (including phenoxy) is 1. The number of rotatable bonds is 5. The Morgan fingerprint density at radius 2 is 2.11 bits per heavy atom. The minimum absolute atomic E-state index is 0.0517. The van der Waals surface area contributed by atoms with E-state index >= 15 is 0 Å². The van der Waals surface area contributed by atoms with Gasteiger partial charge in [-0.05, 0) is 18.2 Å². The average Bonchev–Trinajstić information content (AvgIpc) is 2.33. The number of nitrogens with one attached hydrogen (secondary N) is 1. The molecule has 1 amide bonds. The van der Waals surface area contributed by atoms with Crippen molar-refractivity contribution >= 4 is 25.6 Å². The van der Waals surface area contributed by atoms with Crippen molar-refractivity contribution in [2.24, 2.45) is 0 Å². The fourth-order valence-electron chi connectivity index (χ4n) is 1.28. The second kappa shape index (κ2) is 6.16. The molecule has 1 aromatic carbocycles. The van der Waals surface area contributed by atoms with Crippen LogP contribution in [0.5, 0.6) is 5.75 Å². The fraction of sp³-hybridized carbons (Fsp3) is 0.300. The highest BCUT2D eigenvalue weighted by Crippen LogP contribution is 2.24. The molecule has 0 aromatic heterocycles. The number of carbonyl (C=O) groups excluding carboxylic acids is 1. The minimum Gasteiger partial charge on any atom is -0.496 e. The summed E-state index contributed by atoms with van der Waals surface area (Å²) in [4.78, 5) is 11.3. The summed E-state index contributed by atoms with van der Waals surface area (Å²) >= 11 is 0. The van der Waals surface area contributed by atoms with E-state index in [2.05, 4.69) is 0 Å². The quantitative estimate of drug-likeness (QED) is 0.838. The van der Waals surface area contributed by atoms with Gasteiger partial charge in [-0.15, -0.1) is 0 Å². The monoisotopic (exact) mass is 313 g/mol. The van der Waals surface area contributed by atoms with Crippen LogP contribution in [0, 0.1) is 0 Å². The van der Waals surface area contributed by atoms with Crippen molar-refractivity contribution in [1.82, 2.24) is 5.32 Å². The molecular weight excluding hydrogens is 304 g/mol. The van der Waals surface area contributed by atoms with Crippen molar-refractivity contribution in [2.45, 2.75) is 11.3 Å². The molecule has 0 fully saturated rings. The zero-order chi connectivity index (χ0) is 14.6. The Morgan fingerprint density at radius 1 is 1.47 bits per heavy atom. The highest BCUT2D eigenvalue weighted by Gasteiger charge is 2.18. The Kier molecular flexibility index (Phi) is 5.07. The summed E-state index contributed by atoms with van der Waals surface area (Å²) in [7, 11) is 2.37. The van der Waals surface area contributed by atoms with Gasteiger partial charge >= 0.3 is 0 Å². The molecule has 0 aliphatic rings. The lowest BCUT2D eigenvalue weighted by molar-refractivity contribution is 0.0888. The molecule has 9 heteroatoms. The van der Waals surface area contributed by atoms with E-state index < -0.39 is 27.9 Å². The molecule has 0 unspecified atom stereocenters. The van der Waals surface area contributed by atoms with Crippen molar-refractivity contribution in [3.05, 3.63) is 23.8 Å². The second-order valence-corrected chi connectivity index (χ2v) is 5.97. The van der Waals surface area contributed by atoms with Crippen molar-refractivity contribution in [1.29, 1.82) is 0 Å². The molecule has 0 radical (unpaired) electrons. The van der Waals surface area contributed by atoms with Crippen LogP contribution in [0.4, 0.5) is 8.78 Å². The summed E-state index contributed by atoms with van der Waals surface area (Å²) < 4.78 is 51.1. The van der Waals surface area contributed by atoms with Crippen LogP contribution >= 0.6 is 10.7 Å². The minimum atomic E-state index is -4.03. The molecule has 106 valence electrons. The maximum atomic E-state index is 12.0. The summed E-state index contributed by atoms with van der Waals surface area (Å²) in [6, 6.07) is 3.32. The van der Waals surface area contributed by atoms with E-state index in [-0.39, 0.29) is 16.2 Å². The van der Waals surface area contributed by atoms with Crippen molar-refractivity contribution in [3.8, 4) is 5.75 Å². The van der Waals surface area contributed by atoms with Crippen LogP contribution in [0.3, 0.4) is 0 Å². The van der Waals surface area contributed by atoms with E-state index in [1.54, 1.807) is 0 Å². The van der Waals surface area contributed by atoms with Gasteiger partial charge in [-0.1, -0.05) is 0 Å². The van der Waals surface area contributed by atoms with E-state index in [9.17, 15) is 22.0 Å². The largest absolute Gasteiger partial charge is 0.496 e. The van der Waals surface area contributed by atoms with Gasteiger partial charge in [-0.2, -0.15) is 0 Å². The zero-order valence-electron chi connectivity index (χ0n) is 9.69. The summed E-state index contributed by atoms with van der Waals surface area (Å²) in [5.41, 5.74) is -0.190. The van der Waals surface area contributed by atoms with Crippen molar-refractivity contribution < 1.29 is 26.7 Å². The normalized spacial score (nSPS) is 11.4. The fourth-order valence-corrected chi connectivity index (χ4v) is 2.06. The molecule has 5 nitrogen and oxygen atoms in total. The van der Waals surface area contributed by atoms with Crippen LogP contribution in [-0.2, 0) is 9.05 Å². The smallest absolute Gasteiger partial charge is 0.261 e. The lowest BCUT2D eigenvalue weighted by Crippen LogP contribution is -2.28. The Hall–Kier alpha value is -1.41. The first-order chi connectivity index (χ1) is 8.75. The van der Waals surface area contributed by atoms with Crippen LogP contribution in [0.2, 0.25) is 0 Å². The number of hydrogen-bond acceptors (Lipinski definition) is 4. The average molecular weight is 314 g/mol. The van der Waals surface area contributed by atoms with E-state index in [0.29, 0.717) is 0 Å². The van der Waals surface area contributed by atoms with E-state index in [1.807, 2.05) is 5.32 Å². The summed E-state index contributed by atoms with van der Waals surface area (Å²) in [5, 5.41) is 1.94. The van der Waals surface area contributed by atoms with Crippen LogP contribution < -0.4 is 10.1 Å². The Labute approximate surface area is 112 Å². The lowest BCUT2D eigenvalue weighted by atomic mass is 10.2. The number of halogens is 3. The first-order valence-electron chi connectivity index (χ1n) is 4.94. The van der Waals surface area contributed by atoms with Crippen LogP contribution in [0.15, 0.2) is 23.1 Å². The number of carbonyl (C=O) groups is 1. The maximum absolute atomic E-state index is 12.0. The van der Waals surface area contributed by atoms with Crippen LogP contribution in [0.25, 0.3) is 0 Å². The van der Waals surface area contributed by atoms with Gasteiger partial charge in [0.1, 0.15) is 5.75 Å². The third-order valence-electron chi connectivity index (χ3n) is 2.11. The SMILES string of the molecule is COc1ccc(S(=O)(=O)Cl)cc1C(=O)NCC(F)F. The second-order valence-electron chi connectivity index (χ2n) is 3.40. The van der Waals surface area contributed by atoms with E-state index in [4.69, 9.17) is 15.4 Å². The first-order valence-corrected chi connectivity index (χ1v) is 7.25. The first kappa shape index (κ1) is 15.6. The molecule has 0 heterocycles. The van der Waals surface area contributed by atoms with Gasteiger partial charge in [-0.25, -0.2) is 17.2 Å². The Balaban J connectivity index is 3.13. The number of alkyl halides is 2. The van der Waals surface area contributed by atoms with Gasteiger partial charge < -0.3 is 10.1 Å². The molecule has 0 saturated heterocycles. The van der Waals surface area contributed by atoms with Gasteiger partial charge in [0.25, 0.3) is 21.4 Å². The standard InChI is InChI=1S/C10H10ClF2NO4S/c1-18-8-3-2-6(19(11,16)17)4-7(8)10(15)14-5-9(12)13/h2-4,9H,5H2,1H3,(H,14,15). The molecule has 19 heavy (non-hydrogen) atoms. The molecule has 0 spiro atoms. The van der Waals surface area contributed by atoms with Gasteiger partial charge in [0.2, 0.25) is 0 Å². The number of methoxy groups -OCH3 is 1. The van der Waals surface area contributed by atoms with Gasteiger partial charge in [0.05, 0.1) is 24.1 Å².